The zero-order chi connectivity index (χ0) is 26.4. The maximum absolute atomic E-state index is 12.7. The standard InChI is InChI=1S/C23H26ClN5O5S2/c1-5-29-16(10-34-15-8-7-14(24)9-12(15)3)27-28-23(29)35-11-17(30)26-21-18(22(32)33-6-2)13(4)19(36-21)20(25)31/h7-9H,5-6,10-11H2,1-4H3,(H2,25,31)(H,26,30). The number of carbonyl (C=O) groups excluding carboxylic acids is 3. The lowest BCUT2D eigenvalue weighted by Gasteiger charge is -2.11. The van der Waals surface area contributed by atoms with Gasteiger partial charge < -0.3 is 25.1 Å². The number of nitrogens with one attached hydrogen (secondary N) is 1. The summed E-state index contributed by atoms with van der Waals surface area (Å²) in [5.41, 5.74) is 6.82. The molecular formula is C23H26ClN5O5S2. The van der Waals surface area contributed by atoms with Gasteiger partial charge in [0.05, 0.1) is 22.8 Å². The number of ether oxygens (including phenoxy) is 2. The van der Waals surface area contributed by atoms with Crippen LogP contribution in [0.25, 0.3) is 0 Å². The van der Waals surface area contributed by atoms with E-state index >= 15 is 0 Å². The molecule has 0 aliphatic rings. The monoisotopic (exact) mass is 551 g/mol. The number of hydrogen-bond donors (Lipinski definition) is 2. The summed E-state index contributed by atoms with van der Waals surface area (Å²) in [6.45, 7) is 8.03. The van der Waals surface area contributed by atoms with Crippen molar-refractivity contribution in [2.75, 3.05) is 17.7 Å². The van der Waals surface area contributed by atoms with E-state index in [4.69, 9.17) is 26.8 Å². The van der Waals surface area contributed by atoms with Crippen molar-refractivity contribution in [3.8, 4) is 5.75 Å². The van der Waals surface area contributed by atoms with Crippen molar-refractivity contribution in [1.82, 2.24) is 14.8 Å². The normalized spacial score (nSPS) is 10.8. The first-order valence-electron chi connectivity index (χ1n) is 11.0. The van der Waals surface area contributed by atoms with Gasteiger partial charge in [0.25, 0.3) is 5.91 Å². The summed E-state index contributed by atoms with van der Waals surface area (Å²) < 4.78 is 12.8. The molecule has 3 rings (SSSR count). The van der Waals surface area contributed by atoms with Crippen molar-refractivity contribution in [2.45, 2.75) is 46.0 Å². The molecule has 0 aliphatic heterocycles. The van der Waals surface area contributed by atoms with Gasteiger partial charge in [-0.15, -0.1) is 21.5 Å². The molecular weight excluding hydrogens is 526 g/mol. The van der Waals surface area contributed by atoms with Gasteiger partial charge in [-0.3, -0.25) is 9.59 Å². The largest absolute Gasteiger partial charge is 0.485 e. The summed E-state index contributed by atoms with van der Waals surface area (Å²) in [6.07, 6.45) is 0. The Morgan fingerprint density at radius 2 is 1.97 bits per heavy atom. The number of aromatic nitrogens is 3. The van der Waals surface area contributed by atoms with Crippen LogP contribution in [0.2, 0.25) is 5.02 Å². The highest BCUT2D eigenvalue weighted by molar-refractivity contribution is 7.99. The molecule has 0 saturated carbocycles. The fraction of sp³-hybridized carbons (Fsp3) is 0.348. The molecule has 2 heterocycles. The van der Waals surface area contributed by atoms with Crippen LogP contribution in [0.5, 0.6) is 5.75 Å². The third-order valence-corrected chi connectivity index (χ3v) is 7.46. The molecule has 0 atom stereocenters. The third-order valence-electron chi connectivity index (χ3n) is 5.04. The van der Waals surface area contributed by atoms with Crippen molar-refractivity contribution >= 4 is 57.5 Å². The number of amides is 2. The zero-order valence-corrected chi connectivity index (χ0v) is 22.6. The van der Waals surface area contributed by atoms with Gasteiger partial charge in [0.2, 0.25) is 5.91 Å². The van der Waals surface area contributed by atoms with Gasteiger partial charge >= 0.3 is 5.97 Å². The Hall–Kier alpha value is -3.09. The Morgan fingerprint density at radius 1 is 1.22 bits per heavy atom. The van der Waals surface area contributed by atoms with Gasteiger partial charge in [0.1, 0.15) is 17.4 Å². The summed E-state index contributed by atoms with van der Waals surface area (Å²) in [4.78, 5) is 37.0. The van der Waals surface area contributed by atoms with Crippen LogP contribution in [-0.4, -0.2) is 44.9 Å². The average Bonchev–Trinajstić information content (AvgIpc) is 3.37. The van der Waals surface area contributed by atoms with E-state index in [0.717, 1.165) is 16.9 Å². The van der Waals surface area contributed by atoms with E-state index in [1.807, 2.05) is 24.5 Å². The quantitative estimate of drug-likeness (QED) is 0.267. The van der Waals surface area contributed by atoms with Crippen molar-refractivity contribution in [1.29, 1.82) is 0 Å². The van der Waals surface area contributed by atoms with Crippen molar-refractivity contribution in [3.63, 3.8) is 0 Å². The van der Waals surface area contributed by atoms with Gasteiger partial charge in [-0.25, -0.2) is 4.79 Å². The third kappa shape index (κ3) is 6.37. The van der Waals surface area contributed by atoms with E-state index in [0.29, 0.717) is 33.9 Å². The van der Waals surface area contributed by atoms with Crippen molar-refractivity contribution in [3.05, 3.63) is 50.6 Å². The fourth-order valence-electron chi connectivity index (χ4n) is 3.35. The van der Waals surface area contributed by atoms with Gasteiger partial charge in [0.15, 0.2) is 11.0 Å². The highest BCUT2D eigenvalue weighted by atomic mass is 35.5. The molecule has 3 aromatic rings. The van der Waals surface area contributed by atoms with Crippen LogP contribution >= 0.6 is 34.7 Å². The number of nitrogens with zero attached hydrogens (tertiary/aromatic N) is 3. The summed E-state index contributed by atoms with van der Waals surface area (Å²) in [5, 5.41) is 12.5. The topological polar surface area (TPSA) is 138 Å². The summed E-state index contributed by atoms with van der Waals surface area (Å²) in [5.74, 6) is -0.397. The summed E-state index contributed by atoms with van der Waals surface area (Å²) >= 11 is 8.13. The molecule has 36 heavy (non-hydrogen) atoms. The first-order valence-corrected chi connectivity index (χ1v) is 13.2. The highest BCUT2D eigenvalue weighted by Crippen LogP contribution is 2.34. The second kappa shape index (κ2) is 12.2. The van der Waals surface area contributed by atoms with E-state index in [1.165, 1.54) is 11.8 Å². The van der Waals surface area contributed by atoms with Crippen molar-refractivity contribution in [2.24, 2.45) is 5.73 Å². The maximum Gasteiger partial charge on any atom is 0.341 e. The Kier molecular flexibility index (Phi) is 9.35. The number of aryl methyl sites for hydroxylation is 1. The van der Waals surface area contributed by atoms with Crippen LogP contribution in [0.3, 0.4) is 0 Å². The van der Waals surface area contributed by atoms with Gasteiger partial charge in [-0.1, -0.05) is 23.4 Å². The Morgan fingerprint density at radius 3 is 2.61 bits per heavy atom. The van der Waals surface area contributed by atoms with Gasteiger partial charge in [-0.05, 0) is 57.0 Å². The van der Waals surface area contributed by atoms with E-state index < -0.39 is 11.9 Å². The molecule has 0 unspecified atom stereocenters. The van der Waals surface area contributed by atoms with Crippen molar-refractivity contribution < 1.29 is 23.9 Å². The molecule has 0 radical (unpaired) electrons. The molecule has 1 aromatic carbocycles. The molecule has 2 aromatic heterocycles. The molecule has 0 aliphatic carbocycles. The molecule has 0 fully saturated rings. The Balaban J connectivity index is 1.68. The number of rotatable bonds is 11. The van der Waals surface area contributed by atoms with Crippen LogP contribution in [0.15, 0.2) is 23.4 Å². The van der Waals surface area contributed by atoms with E-state index in [2.05, 4.69) is 15.5 Å². The SMILES string of the molecule is CCOC(=O)c1c(NC(=O)CSc2nnc(COc3ccc(Cl)cc3C)n2CC)sc(C(N)=O)c1C. The van der Waals surface area contributed by atoms with Crippen LogP contribution in [0, 0.1) is 13.8 Å². The van der Waals surface area contributed by atoms with Crippen LogP contribution < -0.4 is 15.8 Å². The maximum atomic E-state index is 12.7. The molecule has 2 amide bonds. The number of carbonyl (C=O) groups is 3. The number of thiophene rings is 1. The number of thioether (sulfide) groups is 1. The second-order valence-electron chi connectivity index (χ2n) is 7.52. The molecule has 0 bridgehead atoms. The first-order chi connectivity index (χ1) is 17.2. The number of anilines is 1. The van der Waals surface area contributed by atoms with E-state index in [9.17, 15) is 14.4 Å². The van der Waals surface area contributed by atoms with Gasteiger partial charge in [-0.2, -0.15) is 0 Å². The first kappa shape index (κ1) is 27.5. The fourth-order valence-corrected chi connectivity index (χ4v) is 5.46. The lowest BCUT2D eigenvalue weighted by molar-refractivity contribution is -0.113. The van der Waals surface area contributed by atoms with Crippen LogP contribution in [0.4, 0.5) is 5.00 Å². The van der Waals surface area contributed by atoms with Gasteiger partial charge in [0, 0.05) is 11.6 Å². The summed E-state index contributed by atoms with van der Waals surface area (Å²) in [6, 6.07) is 5.37. The Labute approximate surface area is 221 Å². The van der Waals surface area contributed by atoms with E-state index in [1.54, 1.807) is 26.0 Å². The predicted molar refractivity (Wildman–Crippen MR) is 139 cm³/mol. The number of benzene rings is 1. The number of hydrogen-bond acceptors (Lipinski definition) is 9. The minimum absolute atomic E-state index is 0.000398. The number of esters is 1. The molecule has 3 N–H and O–H groups in total. The zero-order valence-electron chi connectivity index (χ0n) is 20.2. The van der Waals surface area contributed by atoms with E-state index in [-0.39, 0.29) is 40.3 Å². The molecule has 0 spiro atoms. The lowest BCUT2D eigenvalue weighted by Crippen LogP contribution is -2.17. The number of nitrogens with two attached hydrogens (primary N) is 1. The van der Waals surface area contributed by atoms with Crippen LogP contribution in [0.1, 0.15) is 50.8 Å². The molecule has 10 nitrogen and oxygen atoms in total. The minimum Gasteiger partial charge on any atom is -0.485 e. The highest BCUT2D eigenvalue weighted by Gasteiger charge is 2.26. The molecule has 0 saturated heterocycles. The Bertz CT molecular complexity index is 1290. The predicted octanol–water partition coefficient (Wildman–Crippen LogP) is 4.22. The minimum atomic E-state index is -0.683. The average molecular weight is 552 g/mol. The second-order valence-corrected chi connectivity index (χ2v) is 9.92. The smallest absolute Gasteiger partial charge is 0.341 e. The molecule has 13 heteroatoms. The lowest BCUT2D eigenvalue weighted by atomic mass is 10.1. The molecule has 192 valence electrons. The summed E-state index contributed by atoms with van der Waals surface area (Å²) in [7, 11) is 0. The number of primary amides is 1. The number of halogens is 1. The van der Waals surface area contributed by atoms with Crippen LogP contribution in [-0.2, 0) is 22.7 Å².